The largest absolute Gasteiger partial charge is 0.462 e. The Hall–Kier alpha value is -2.92. The Bertz CT molecular complexity index is 1250. The third-order valence-electron chi connectivity index (χ3n) is 12.4. The zero-order valence-corrected chi connectivity index (χ0v) is 45.1. The van der Waals surface area contributed by atoms with E-state index in [4.69, 9.17) is 14.2 Å². The van der Waals surface area contributed by atoms with Crippen molar-refractivity contribution in [3.8, 4) is 0 Å². The Labute approximate surface area is 422 Å². The Morgan fingerprint density at radius 1 is 0.338 bits per heavy atom. The maximum atomic E-state index is 12.9. The average molecular weight is 948 g/mol. The van der Waals surface area contributed by atoms with Gasteiger partial charge in [-0.25, -0.2) is 0 Å². The summed E-state index contributed by atoms with van der Waals surface area (Å²) in [6.45, 7) is 7.62. The Kier molecular flexibility index (Phi) is 55.9. The highest BCUT2D eigenvalue weighted by atomic mass is 16.6. The van der Waals surface area contributed by atoms with Crippen LogP contribution in [0, 0.1) is 0 Å². The highest BCUT2D eigenvalue weighted by Crippen LogP contribution is 2.15. The van der Waals surface area contributed by atoms with E-state index in [0.717, 1.165) is 89.9 Å². The van der Waals surface area contributed by atoms with E-state index in [2.05, 4.69) is 106 Å². The number of unbranched alkanes of at least 4 members (excludes halogenated alkanes) is 28. The number of ether oxygens (including phenoxy) is 3. The lowest BCUT2D eigenvalue weighted by Crippen LogP contribution is -2.30. The summed E-state index contributed by atoms with van der Waals surface area (Å²) in [6.07, 6.45) is 77.5. The summed E-state index contributed by atoms with van der Waals surface area (Å²) < 4.78 is 17.4. The van der Waals surface area contributed by atoms with Crippen molar-refractivity contribution in [2.45, 2.75) is 284 Å². The van der Waals surface area contributed by atoms with Crippen LogP contribution in [-0.2, 0) is 23.8 Å². The zero-order valence-electron chi connectivity index (χ0n) is 45.1. The van der Waals surface area contributed by atoms with Gasteiger partial charge in [-0.15, -0.1) is 0 Å². The number of carbonyl (C=O) groups excluding carboxylic acids is 2. The first-order chi connectivity index (χ1) is 33.6. The van der Waals surface area contributed by atoms with Gasteiger partial charge in [-0.3, -0.25) is 9.59 Å². The van der Waals surface area contributed by atoms with Gasteiger partial charge in [-0.2, -0.15) is 0 Å². The lowest BCUT2D eigenvalue weighted by molar-refractivity contribution is -0.163. The quantitative estimate of drug-likeness (QED) is 0.0345. The minimum absolute atomic E-state index is 0.0614. The lowest BCUT2D eigenvalue weighted by Gasteiger charge is -2.18. The van der Waals surface area contributed by atoms with Gasteiger partial charge >= 0.3 is 11.9 Å². The van der Waals surface area contributed by atoms with Crippen LogP contribution in [0.4, 0.5) is 0 Å². The van der Waals surface area contributed by atoms with Crippen molar-refractivity contribution < 1.29 is 23.8 Å². The molecular weight excluding hydrogens is 837 g/mol. The molecule has 68 heavy (non-hydrogen) atoms. The lowest BCUT2D eigenvalue weighted by atomic mass is 10.1. The molecule has 0 aliphatic carbocycles. The second-order valence-corrected chi connectivity index (χ2v) is 19.2. The smallest absolute Gasteiger partial charge is 0.306 e. The van der Waals surface area contributed by atoms with E-state index in [1.807, 2.05) is 0 Å². The molecule has 392 valence electrons. The molecule has 0 amide bonds. The van der Waals surface area contributed by atoms with E-state index in [1.54, 1.807) is 0 Å². The fraction of sp³-hybridized carbons (Fsp3) is 0.746. The van der Waals surface area contributed by atoms with E-state index in [1.165, 1.54) is 154 Å². The minimum Gasteiger partial charge on any atom is -0.462 e. The molecule has 0 radical (unpaired) electrons. The normalized spacial score (nSPS) is 12.8. The van der Waals surface area contributed by atoms with Crippen molar-refractivity contribution in [1.82, 2.24) is 0 Å². The topological polar surface area (TPSA) is 61.8 Å². The highest BCUT2D eigenvalue weighted by Gasteiger charge is 2.17. The number of carbonyl (C=O) groups is 2. The molecule has 0 rings (SSSR count). The van der Waals surface area contributed by atoms with Crippen molar-refractivity contribution >= 4 is 11.9 Å². The first-order valence-corrected chi connectivity index (χ1v) is 29.1. The number of allylic oxidation sites excluding steroid dienone is 14. The second kappa shape index (κ2) is 58.4. The van der Waals surface area contributed by atoms with Gasteiger partial charge < -0.3 is 14.2 Å². The Morgan fingerprint density at radius 3 is 1.07 bits per heavy atom. The van der Waals surface area contributed by atoms with E-state index in [-0.39, 0.29) is 25.2 Å². The Morgan fingerprint density at radius 2 is 0.662 bits per heavy atom. The molecule has 0 aromatic rings. The molecule has 0 aliphatic heterocycles. The van der Waals surface area contributed by atoms with Crippen LogP contribution in [0.1, 0.15) is 278 Å². The number of rotatable bonds is 53. The molecule has 1 unspecified atom stereocenters. The van der Waals surface area contributed by atoms with E-state index in [0.29, 0.717) is 19.4 Å². The molecule has 0 bridgehead atoms. The highest BCUT2D eigenvalue weighted by molar-refractivity contribution is 5.70. The maximum Gasteiger partial charge on any atom is 0.306 e. The molecule has 5 heteroatoms. The molecule has 1 atom stereocenters. The molecule has 0 saturated carbocycles. The molecular formula is C63H110O5. The first-order valence-electron chi connectivity index (χ1n) is 29.1. The van der Waals surface area contributed by atoms with E-state index in [9.17, 15) is 9.59 Å². The van der Waals surface area contributed by atoms with Gasteiger partial charge in [0, 0.05) is 19.4 Å². The number of hydrogen-bond acceptors (Lipinski definition) is 5. The van der Waals surface area contributed by atoms with Crippen LogP contribution in [0.2, 0.25) is 0 Å². The zero-order chi connectivity index (χ0) is 49.2. The minimum atomic E-state index is -0.568. The van der Waals surface area contributed by atoms with Gasteiger partial charge in [0.25, 0.3) is 0 Å². The molecule has 5 nitrogen and oxygen atoms in total. The summed E-state index contributed by atoms with van der Waals surface area (Å²) in [4.78, 5) is 25.5. The molecule has 0 spiro atoms. The van der Waals surface area contributed by atoms with Crippen LogP contribution in [-0.4, -0.2) is 37.9 Å². The van der Waals surface area contributed by atoms with Crippen LogP contribution in [0.3, 0.4) is 0 Å². The predicted octanol–water partition coefficient (Wildman–Crippen LogP) is 20.0. The summed E-state index contributed by atoms with van der Waals surface area (Å²) in [5.74, 6) is -0.428. The van der Waals surface area contributed by atoms with Crippen LogP contribution in [0.15, 0.2) is 85.1 Å². The monoisotopic (exact) mass is 947 g/mol. The van der Waals surface area contributed by atoms with Gasteiger partial charge in [0.15, 0.2) is 6.10 Å². The second-order valence-electron chi connectivity index (χ2n) is 19.2. The predicted molar refractivity (Wildman–Crippen MR) is 297 cm³/mol. The fourth-order valence-electron chi connectivity index (χ4n) is 8.06. The fourth-order valence-corrected chi connectivity index (χ4v) is 8.06. The number of hydrogen-bond donors (Lipinski definition) is 0. The summed E-state index contributed by atoms with van der Waals surface area (Å²) in [7, 11) is 0. The van der Waals surface area contributed by atoms with Crippen LogP contribution >= 0.6 is 0 Å². The SMILES string of the molecule is CC/C=C\C/C=C\C/C=C\C/C=C\C/C=C\CCCCOCC(COC(=O)CCCCCCCCCCC/C=C\CCCCCCCC)OC(=O)CCCCCCC/C=C\CCCCCCCC. The summed E-state index contributed by atoms with van der Waals surface area (Å²) >= 11 is 0. The third-order valence-corrected chi connectivity index (χ3v) is 12.4. The maximum absolute atomic E-state index is 12.9. The standard InChI is InChI=1S/C63H110O5/c1-4-7-10-13-16-19-22-25-28-30-32-33-36-38-41-44-47-50-53-56-62(64)67-60-61(68-63(65)57-54-51-48-45-42-39-35-27-24-21-18-15-12-9-6-3)59-66-58-55-52-49-46-43-40-37-34-31-29-26-23-20-17-14-11-8-5-2/h8,11,17,20,25-29,34-35,37,43,46,61H,4-7,9-10,12-16,18-19,21-24,30-33,36,38-42,44-45,47-60H2,1-3H3/b11-8-,20-17-,28-25-,29-26-,35-27-,37-34-,46-43-. The van der Waals surface area contributed by atoms with Crippen LogP contribution < -0.4 is 0 Å². The first kappa shape index (κ1) is 65.1. The molecule has 0 N–H and O–H groups in total. The number of esters is 2. The Balaban J connectivity index is 4.35. The van der Waals surface area contributed by atoms with E-state index < -0.39 is 6.10 Å². The van der Waals surface area contributed by atoms with Crippen LogP contribution in [0.25, 0.3) is 0 Å². The van der Waals surface area contributed by atoms with Gasteiger partial charge in [0.05, 0.1) is 6.61 Å². The third kappa shape index (κ3) is 55.7. The molecule has 0 heterocycles. The van der Waals surface area contributed by atoms with Crippen molar-refractivity contribution in [2.24, 2.45) is 0 Å². The van der Waals surface area contributed by atoms with Crippen molar-refractivity contribution in [1.29, 1.82) is 0 Å². The van der Waals surface area contributed by atoms with Gasteiger partial charge in [0.1, 0.15) is 6.61 Å². The van der Waals surface area contributed by atoms with Crippen molar-refractivity contribution in [2.75, 3.05) is 19.8 Å². The average Bonchev–Trinajstić information content (AvgIpc) is 3.34. The molecule has 0 aromatic heterocycles. The van der Waals surface area contributed by atoms with E-state index >= 15 is 0 Å². The molecule has 0 fully saturated rings. The molecule has 0 aromatic carbocycles. The van der Waals surface area contributed by atoms with Crippen molar-refractivity contribution in [3.05, 3.63) is 85.1 Å². The molecule has 0 saturated heterocycles. The summed E-state index contributed by atoms with van der Waals surface area (Å²) in [5, 5.41) is 0. The van der Waals surface area contributed by atoms with Crippen molar-refractivity contribution in [3.63, 3.8) is 0 Å². The van der Waals surface area contributed by atoms with Crippen LogP contribution in [0.5, 0.6) is 0 Å². The van der Waals surface area contributed by atoms with Gasteiger partial charge in [-0.1, -0.05) is 234 Å². The summed E-state index contributed by atoms with van der Waals surface area (Å²) in [6, 6.07) is 0. The van der Waals surface area contributed by atoms with Gasteiger partial charge in [0.2, 0.25) is 0 Å². The summed E-state index contributed by atoms with van der Waals surface area (Å²) in [5.41, 5.74) is 0. The molecule has 0 aliphatic rings. The van der Waals surface area contributed by atoms with Gasteiger partial charge in [-0.05, 0) is 116 Å².